The fraction of sp³-hybridized carbons (Fsp3) is 0.857. The third-order valence-corrected chi connectivity index (χ3v) is 1.50. The Balaban J connectivity index is 0.000000187. The zero-order chi connectivity index (χ0) is 6.95. The van der Waals surface area contributed by atoms with Crippen molar-refractivity contribution in [2.45, 2.75) is 38.5 Å². The van der Waals surface area contributed by atoms with E-state index in [0.29, 0.717) is 0 Å². The van der Waals surface area contributed by atoms with Gasteiger partial charge in [-0.2, -0.15) is 5.26 Å². The maximum atomic E-state index is 6.88. The van der Waals surface area contributed by atoms with Gasteiger partial charge in [0, 0.05) is 0 Å². The summed E-state index contributed by atoms with van der Waals surface area (Å²) in [6, 6.07) is 0. The van der Waals surface area contributed by atoms with E-state index in [-0.39, 0.29) is 0 Å². The molecule has 2 nitrogen and oxygen atoms in total. The first-order chi connectivity index (χ1) is 4.41. The Hall–Kier alpha value is -0.710. The van der Waals surface area contributed by atoms with Gasteiger partial charge in [0.1, 0.15) is 0 Å². The van der Waals surface area contributed by atoms with Crippen LogP contribution in [0.3, 0.4) is 0 Å². The Kier molecular flexibility index (Phi) is 6.71. The summed E-state index contributed by atoms with van der Waals surface area (Å²) in [5.41, 5.74) is 0. The number of aliphatic hydroxyl groups excluding tert-OH is 1. The average molecular weight is 127 g/mol. The van der Waals surface area contributed by atoms with Crippen LogP contribution in [0.15, 0.2) is 0 Å². The molecule has 0 radical (unpaired) electrons. The third-order valence-electron chi connectivity index (χ3n) is 1.50. The van der Waals surface area contributed by atoms with E-state index < -0.39 is 0 Å². The number of rotatable bonds is 0. The highest BCUT2D eigenvalue weighted by Crippen LogP contribution is 2.15. The van der Waals surface area contributed by atoms with Gasteiger partial charge >= 0.3 is 0 Å². The normalized spacial score (nSPS) is 16.8. The van der Waals surface area contributed by atoms with E-state index in [1.807, 2.05) is 0 Å². The van der Waals surface area contributed by atoms with Gasteiger partial charge in [-0.25, -0.2) is 0 Å². The lowest BCUT2D eigenvalue weighted by atomic mass is 10.0. The molecule has 0 amide bonds. The van der Waals surface area contributed by atoms with Crippen LogP contribution in [-0.4, -0.2) is 5.11 Å². The van der Waals surface area contributed by atoms with Gasteiger partial charge in [0.15, 0.2) is 0 Å². The van der Waals surface area contributed by atoms with Crippen LogP contribution in [0.1, 0.15) is 38.5 Å². The minimum atomic E-state index is 0.750. The van der Waals surface area contributed by atoms with Gasteiger partial charge in [-0.15, -0.1) is 0 Å². The SMILES string of the molecule is C1CCCCC1.N#CO. The van der Waals surface area contributed by atoms with Gasteiger partial charge in [0.2, 0.25) is 0 Å². The van der Waals surface area contributed by atoms with E-state index >= 15 is 0 Å². The maximum Gasteiger partial charge on any atom is 0.283 e. The third kappa shape index (κ3) is 7.29. The number of hydrogen-bond donors (Lipinski definition) is 1. The summed E-state index contributed by atoms with van der Waals surface area (Å²) in [4.78, 5) is 0. The van der Waals surface area contributed by atoms with Gasteiger partial charge in [-0.05, 0) is 0 Å². The molecule has 0 aromatic rings. The van der Waals surface area contributed by atoms with Crippen molar-refractivity contribution in [1.82, 2.24) is 0 Å². The molecule has 52 valence electrons. The van der Waals surface area contributed by atoms with Crippen LogP contribution in [0.25, 0.3) is 0 Å². The Morgan fingerprint density at radius 2 is 1.00 bits per heavy atom. The Bertz CT molecular complexity index is 69.9. The number of aliphatic hydroxyl groups is 1. The van der Waals surface area contributed by atoms with Crippen LogP contribution in [0.4, 0.5) is 0 Å². The molecule has 1 aliphatic rings. The molecule has 1 rings (SSSR count). The van der Waals surface area contributed by atoms with Crippen LogP contribution in [-0.2, 0) is 0 Å². The smallest absolute Gasteiger partial charge is 0.283 e. The maximum absolute atomic E-state index is 6.88. The molecule has 0 bridgehead atoms. The minimum Gasteiger partial charge on any atom is -0.443 e. The number of nitrogens with zero attached hydrogens (tertiary/aromatic N) is 1. The van der Waals surface area contributed by atoms with Crippen LogP contribution in [0.5, 0.6) is 0 Å². The molecule has 0 atom stereocenters. The monoisotopic (exact) mass is 127 g/mol. The first-order valence-corrected chi connectivity index (χ1v) is 3.45. The van der Waals surface area contributed by atoms with Crippen molar-refractivity contribution in [3.05, 3.63) is 0 Å². The van der Waals surface area contributed by atoms with Crippen LogP contribution in [0.2, 0.25) is 0 Å². The Morgan fingerprint density at radius 3 is 1.11 bits per heavy atom. The predicted molar refractivity (Wildman–Crippen MR) is 35.3 cm³/mol. The summed E-state index contributed by atoms with van der Waals surface area (Å²) in [7, 11) is 0. The first kappa shape index (κ1) is 8.29. The lowest BCUT2D eigenvalue weighted by Gasteiger charge is -2.05. The molecular formula is C7H13NO. The highest BCUT2D eigenvalue weighted by atomic mass is 16.2. The minimum absolute atomic E-state index is 0.750. The molecule has 0 saturated heterocycles. The summed E-state index contributed by atoms with van der Waals surface area (Å²) < 4.78 is 0. The second kappa shape index (κ2) is 7.29. The quantitative estimate of drug-likeness (QED) is 0.507. The molecular weight excluding hydrogens is 114 g/mol. The van der Waals surface area contributed by atoms with Crippen molar-refractivity contribution in [1.29, 1.82) is 5.26 Å². The Labute approximate surface area is 56.1 Å². The van der Waals surface area contributed by atoms with Crippen molar-refractivity contribution in [2.24, 2.45) is 0 Å². The zero-order valence-electron chi connectivity index (χ0n) is 5.64. The molecule has 2 heteroatoms. The average Bonchev–Trinajstić information content (AvgIpc) is 1.93. The van der Waals surface area contributed by atoms with Gasteiger partial charge in [0.05, 0.1) is 0 Å². The first-order valence-electron chi connectivity index (χ1n) is 3.45. The van der Waals surface area contributed by atoms with E-state index in [9.17, 15) is 0 Å². The Morgan fingerprint density at radius 1 is 0.889 bits per heavy atom. The van der Waals surface area contributed by atoms with Gasteiger partial charge in [-0.3, -0.25) is 0 Å². The summed E-state index contributed by atoms with van der Waals surface area (Å²) in [5, 5.41) is 13.8. The van der Waals surface area contributed by atoms with Crippen molar-refractivity contribution in [3.8, 4) is 6.26 Å². The van der Waals surface area contributed by atoms with Crippen LogP contribution in [0, 0.1) is 11.5 Å². The topological polar surface area (TPSA) is 44.0 Å². The van der Waals surface area contributed by atoms with Gasteiger partial charge in [0.25, 0.3) is 6.26 Å². The molecule has 0 aromatic carbocycles. The zero-order valence-corrected chi connectivity index (χ0v) is 5.64. The highest BCUT2D eigenvalue weighted by molar-refractivity contribution is 4.51. The number of hydrogen-bond acceptors (Lipinski definition) is 2. The van der Waals surface area contributed by atoms with E-state index in [2.05, 4.69) is 0 Å². The van der Waals surface area contributed by atoms with Gasteiger partial charge in [-0.1, -0.05) is 38.5 Å². The standard InChI is InChI=1S/C6H12.CHNO/c1-2-4-6-5-3-1;2-1-3/h1-6H2;3H. The fourth-order valence-electron chi connectivity index (χ4n) is 1.06. The van der Waals surface area contributed by atoms with E-state index in [0.717, 1.165) is 6.26 Å². The predicted octanol–water partition coefficient (Wildman–Crippen LogP) is 2.18. The second-order valence-corrected chi connectivity index (χ2v) is 2.22. The molecule has 1 saturated carbocycles. The second-order valence-electron chi connectivity index (χ2n) is 2.22. The highest BCUT2D eigenvalue weighted by Gasteiger charge is 1.95. The molecule has 1 fully saturated rings. The van der Waals surface area contributed by atoms with E-state index in [1.54, 1.807) is 0 Å². The van der Waals surface area contributed by atoms with Crippen LogP contribution < -0.4 is 0 Å². The largest absolute Gasteiger partial charge is 0.443 e. The van der Waals surface area contributed by atoms with Crippen molar-refractivity contribution < 1.29 is 5.11 Å². The lowest BCUT2D eigenvalue weighted by molar-refractivity contribution is 0.503. The molecule has 1 aliphatic carbocycles. The van der Waals surface area contributed by atoms with Crippen molar-refractivity contribution >= 4 is 0 Å². The summed E-state index contributed by atoms with van der Waals surface area (Å²) >= 11 is 0. The summed E-state index contributed by atoms with van der Waals surface area (Å²) in [6.45, 7) is 0. The van der Waals surface area contributed by atoms with E-state index in [4.69, 9.17) is 10.4 Å². The summed E-state index contributed by atoms with van der Waals surface area (Å²) in [5.74, 6) is 0. The van der Waals surface area contributed by atoms with Gasteiger partial charge < -0.3 is 5.11 Å². The number of nitriles is 1. The molecule has 0 heterocycles. The molecule has 1 N–H and O–H groups in total. The molecule has 9 heavy (non-hydrogen) atoms. The molecule has 0 aliphatic heterocycles. The molecule has 0 spiro atoms. The van der Waals surface area contributed by atoms with Crippen molar-refractivity contribution in [3.63, 3.8) is 0 Å². The molecule has 0 unspecified atom stereocenters. The summed E-state index contributed by atoms with van der Waals surface area (Å²) in [6.07, 6.45) is 9.75. The van der Waals surface area contributed by atoms with E-state index in [1.165, 1.54) is 38.5 Å². The van der Waals surface area contributed by atoms with Crippen LogP contribution >= 0.6 is 0 Å². The lowest BCUT2D eigenvalue weighted by Crippen LogP contribution is -1.85. The fourth-order valence-corrected chi connectivity index (χ4v) is 1.06. The van der Waals surface area contributed by atoms with Crippen molar-refractivity contribution in [2.75, 3.05) is 0 Å². The molecule has 0 aromatic heterocycles.